The third-order valence-electron chi connectivity index (χ3n) is 3.27. The molecule has 4 heteroatoms. The molecule has 2 aromatic rings. The number of nitrogens with one attached hydrogen (secondary N) is 1. The van der Waals surface area contributed by atoms with Crippen LogP contribution in [0.2, 0.25) is 5.02 Å². The Kier molecular flexibility index (Phi) is 5.74. The molecule has 112 valence electrons. The number of hydrogen-bond donors (Lipinski definition) is 1. The van der Waals surface area contributed by atoms with Gasteiger partial charge in [-0.05, 0) is 31.3 Å². The highest BCUT2D eigenvalue weighted by molar-refractivity contribution is 6.30. The Labute approximate surface area is 130 Å². The molecule has 0 bridgehead atoms. The van der Waals surface area contributed by atoms with E-state index in [0.29, 0.717) is 18.7 Å². The highest BCUT2D eigenvalue weighted by Crippen LogP contribution is 2.18. The van der Waals surface area contributed by atoms with Gasteiger partial charge >= 0.3 is 0 Å². The number of hydrogen-bond acceptors (Lipinski definition) is 2. The summed E-state index contributed by atoms with van der Waals surface area (Å²) in [5, 5.41) is 3.45. The summed E-state index contributed by atoms with van der Waals surface area (Å²) < 4.78 is 13.8. The van der Waals surface area contributed by atoms with E-state index in [1.807, 2.05) is 26.2 Å². The molecule has 0 unspecified atom stereocenters. The van der Waals surface area contributed by atoms with Crippen molar-refractivity contribution in [1.29, 1.82) is 0 Å². The quantitative estimate of drug-likeness (QED) is 0.872. The SMILES string of the molecule is CN(C)Cc1ccccc1CNCc1cccc(Cl)c1F. The maximum absolute atomic E-state index is 13.8. The summed E-state index contributed by atoms with van der Waals surface area (Å²) in [6.45, 7) is 2.06. The van der Waals surface area contributed by atoms with Crippen LogP contribution in [0.4, 0.5) is 4.39 Å². The molecule has 0 spiro atoms. The minimum Gasteiger partial charge on any atom is -0.308 e. The van der Waals surface area contributed by atoms with Crippen LogP contribution in [-0.4, -0.2) is 19.0 Å². The van der Waals surface area contributed by atoms with Crippen molar-refractivity contribution in [2.24, 2.45) is 0 Å². The summed E-state index contributed by atoms with van der Waals surface area (Å²) in [5.41, 5.74) is 3.10. The predicted octanol–water partition coefficient (Wildman–Crippen LogP) is 3.83. The molecule has 0 heterocycles. The number of rotatable bonds is 6. The summed E-state index contributed by atoms with van der Waals surface area (Å²) in [6, 6.07) is 13.4. The van der Waals surface area contributed by atoms with Crippen molar-refractivity contribution < 1.29 is 4.39 Å². The molecule has 2 rings (SSSR count). The van der Waals surface area contributed by atoms with Gasteiger partial charge < -0.3 is 10.2 Å². The van der Waals surface area contributed by atoms with Gasteiger partial charge in [-0.1, -0.05) is 48.0 Å². The summed E-state index contributed by atoms with van der Waals surface area (Å²) in [5.74, 6) is -0.340. The fourth-order valence-corrected chi connectivity index (χ4v) is 2.44. The van der Waals surface area contributed by atoms with Crippen LogP contribution in [0.3, 0.4) is 0 Å². The second-order valence-electron chi connectivity index (χ2n) is 5.32. The van der Waals surface area contributed by atoms with Crippen molar-refractivity contribution in [1.82, 2.24) is 10.2 Å². The molecule has 0 fully saturated rings. The first kappa shape index (κ1) is 16.0. The molecular formula is C17H20ClFN2. The Morgan fingerprint density at radius 3 is 2.29 bits per heavy atom. The Morgan fingerprint density at radius 1 is 0.952 bits per heavy atom. The predicted molar refractivity (Wildman–Crippen MR) is 85.8 cm³/mol. The molecule has 1 N–H and O–H groups in total. The van der Waals surface area contributed by atoms with Crippen LogP contribution in [0.25, 0.3) is 0 Å². The van der Waals surface area contributed by atoms with Crippen molar-refractivity contribution in [3.63, 3.8) is 0 Å². The molecule has 2 nitrogen and oxygen atoms in total. The van der Waals surface area contributed by atoms with E-state index < -0.39 is 0 Å². The first-order chi connectivity index (χ1) is 10.1. The van der Waals surface area contributed by atoms with Crippen molar-refractivity contribution >= 4 is 11.6 Å². The molecule has 2 aromatic carbocycles. The Morgan fingerprint density at radius 2 is 1.57 bits per heavy atom. The molecule has 0 saturated carbocycles. The molecule has 0 aromatic heterocycles. The van der Waals surface area contributed by atoms with Gasteiger partial charge in [-0.25, -0.2) is 4.39 Å². The van der Waals surface area contributed by atoms with E-state index in [1.165, 1.54) is 11.1 Å². The fourth-order valence-electron chi connectivity index (χ4n) is 2.24. The van der Waals surface area contributed by atoms with Crippen molar-refractivity contribution in [3.8, 4) is 0 Å². The van der Waals surface area contributed by atoms with Gasteiger partial charge in [-0.3, -0.25) is 0 Å². The van der Waals surface area contributed by atoms with Crippen LogP contribution in [0.15, 0.2) is 42.5 Å². The second kappa shape index (κ2) is 7.55. The maximum atomic E-state index is 13.8. The number of benzene rings is 2. The molecule has 0 aliphatic rings. The van der Waals surface area contributed by atoms with Crippen LogP contribution in [0.5, 0.6) is 0 Å². The number of halogens is 2. The molecule has 0 aliphatic carbocycles. The highest BCUT2D eigenvalue weighted by Gasteiger charge is 2.07. The van der Waals surface area contributed by atoms with Gasteiger partial charge in [0.25, 0.3) is 0 Å². The lowest BCUT2D eigenvalue weighted by molar-refractivity contribution is 0.400. The van der Waals surface area contributed by atoms with Crippen LogP contribution < -0.4 is 5.32 Å². The van der Waals surface area contributed by atoms with E-state index in [-0.39, 0.29) is 10.8 Å². The normalized spacial score (nSPS) is 11.1. The smallest absolute Gasteiger partial charge is 0.146 e. The Balaban J connectivity index is 1.99. The Hall–Kier alpha value is -1.42. The average Bonchev–Trinajstić information content (AvgIpc) is 2.45. The maximum Gasteiger partial charge on any atom is 0.146 e. The van der Waals surface area contributed by atoms with Crippen LogP contribution in [0, 0.1) is 5.82 Å². The summed E-state index contributed by atoms with van der Waals surface area (Å²) in [4.78, 5) is 2.13. The van der Waals surface area contributed by atoms with Gasteiger partial charge in [0.2, 0.25) is 0 Å². The van der Waals surface area contributed by atoms with E-state index in [0.717, 1.165) is 6.54 Å². The van der Waals surface area contributed by atoms with E-state index >= 15 is 0 Å². The molecular weight excluding hydrogens is 287 g/mol. The molecule has 21 heavy (non-hydrogen) atoms. The third-order valence-corrected chi connectivity index (χ3v) is 3.56. The zero-order chi connectivity index (χ0) is 15.2. The zero-order valence-electron chi connectivity index (χ0n) is 12.4. The fraction of sp³-hybridized carbons (Fsp3) is 0.294. The van der Waals surface area contributed by atoms with Crippen LogP contribution >= 0.6 is 11.6 Å². The summed E-state index contributed by atoms with van der Waals surface area (Å²) in [7, 11) is 4.09. The molecule has 0 amide bonds. The first-order valence-electron chi connectivity index (χ1n) is 6.93. The summed E-state index contributed by atoms with van der Waals surface area (Å²) in [6.07, 6.45) is 0. The monoisotopic (exact) mass is 306 g/mol. The zero-order valence-corrected chi connectivity index (χ0v) is 13.1. The highest BCUT2D eigenvalue weighted by atomic mass is 35.5. The van der Waals surface area contributed by atoms with Gasteiger partial charge in [0.1, 0.15) is 5.82 Å². The molecule has 0 atom stereocenters. The van der Waals surface area contributed by atoms with Gasteiger partial charge in [0.05, 0.1) is 5.02 Å². The second-order valence-corrected chi connectivity index (χ2v) is 5.73. The van der Waals surface area contributed by atoms with E-state index in [2.05, 4.69) is 22.3 Å². The van der Waals surface area contributed by atoms with E-state index in [9.17, 15) is 4.39 Å². The molecule has 0 aliphatic heterocycles. The topological polar surface area (TPSA) is 15.3 Å². The lowest BCUT2D eigenvalue weighted by Gasteiger charge is -2.15. The molecule has 0 radical (unpaired) electrons. The van der Waals surface area contributed by atoms with Gasteiger partial charge in [-0.15, -0.1) is 0 Å². The van der Waals surface area contributed by atoms with Crippen molar-refractivity contribution in [3.05, 3.63) is 70.0 Å². The lowest BCUT2D eigenvalue weighted by Crippen LogP contribution is -2.17. The van der Waals surface area contributed by atoms with Crippen LogP contribution in [0.1, 0.15) is 16.7 Å². The van der Waals surface area contributed by atoms with E-state index in [4.69, 9.17) is 11.6 Å². The minimum atomic E-state index is -0.340. The largest absolute Gasteiger partial charge is 0.308 e. The van der Waals surface area contributed by atoms with Crippen LogP contribution in [-0.2, 0) is 19.6 Å². The first-order valence-corrected chi connectivity index (χ1v) is 7.31. The van der Waals surface area contributed by atoms with Gasteiger partial charge in [0, 0.05) is 25.2 Å². The standard InChI is InChI=1S/C17H20ClFN2/c1-21(2)12-15-7-4-3-6-13(15)10-20-11-14-8-5-9-16(18)17(14)19/h3-9,20H,10-12H2,1-2H3. The van der Waals surface area contributed by atoms with Gasteiger partial charge in [0.15, 0.2) is 0 Å². The summed E-state index contributed by atoms with van der Waals surface area (Å²) >= 11 is 5.78. The Bertz CT molecular complexity index is 599. The third kappa shape index (κ3) is 4.53. The van der Waals surface area contributed by atoms with Crippen molar-refractivity contribution in [2.75, 3.05) is 14.1 Å². The van der Waals surface area contributed by atoms with E-state index in [1.54, 1.807) is 18.2 Å². The van der Waals surface area contributed by atoms with Gasteiger partial charge in [-0.2, -0.15) is 0 Å². The van der Waals surface area contributed by atoms with Crippen molar-refractivity contribution in [2.45, 2.75) is 19.6 Å². The minimum absolute atomic E-state index is 0.169. The molecule has 0 saturated heterocycles. The number of nitrogens with zero attached hydrogens (tertiary/aromatic N) is 1. The lowest BCUT2D eigenvalue weighted by atomic mass is 10.1. The average molecular weight is 307 g/mol.